The van der Waals surface area contributed by atoms with E-state index in [1.165, 1.54) is 17.8 Å². The molecule has 1 aliphatic carbocycles. The maximum absolute atomic E-state index is 13.9. The van der Waals surface area contributed by atoms with Gasteiger partial charge in [-0.3, -0.25) is 14.6 Å². The molecule has 2 unspecified atom stereocenters. The molecule has 0 bridgehead atoms. The van der Waals surface area contributed by atoms with E-state index in [1.54, 1.807) is 6.07 Å². The fourth-order valence-electron chi connectivity index (χ4n) is 4.57. The number of hydrogen-bond donors (Lipinski definition) is 2. The van der Waals surface area contributed by atoms with Crippen molar-refractivity contribution in [3.05, 3.63) is 58.4 Å². The summed E-state index contributed by atoms with van der Waals surface area (Å²) in [7, 11) is 1.11. The van der Waals surface area contributed by atoms with Crippen molar-refractivity contribution >= 4 is 29.1 Å². The first-order valence-corrected chi connectivity index (χ1v) is 11.1. The fraction of sp³-hybridized carbons (Fsp3) is 0.435. The Morgan fingerprint density at radius 2 is 1.97 bits per heavy atom. The number of aromatic nitrogens is 1. The molecule has 1 aromatic carbocycles. The second kappa shape index (κ2) is 9.21. The van der Waals surface area contributed by atoms with Crippen LogP contribution in [0.3, 0.4) is 0 Å². The summed E-state index contributed by atoms with van der Waals surface area (Å²) >= 11 is 6.05. The molecule has 10 heteroatoms. The Balaban J connectivity index is 1.46. The molecule has 2 N–H and O–H groups in total. The zero-order chi connectivity index (χ0) is 23.8. The summed E-state index contributed by atoms with van der Waals surface area (Å²) in [6.07, 6.45) is -1.61. The third-order valence-electron chi connectivity index (χ3n) is 6.18. The number of amides is 2. The molecule has 0 radical (unpaired) electrons. The molecule has 6 nitrogen and oxygen atoms in total. The van der Waals surface area contributed by atoms with Crippen LogP contribution in [0.2, 0.25) is 5.02 Å². The van der Waals surface area contributed by atoms with E-state index in [1.807, 2.05) is 18.2 Å². The molecule has 1 saturated heterocycles. The van der Waals surface area contributed by atoms with Gasteiger partial charge in [0.15, 0.2) is 6.04 Å². The lowest BCUT2D eigenvalue weighted by atomic mass is 9.95. The van der Waals surface area contributed by atoms with Gasteiger partial charge in [0.05, 0.1) is 17.6 Å². The quantitative estimate of drug-likeness (QED) is 0.680. The Morgan fingerprint density at radius 3 is 2.64 bits per heavy atom. The predicted octanol–water partition coefficient (Wildman–Crippen LogP) is 3.90. The maximum Gasteiger partial charge on any atom is 0.414 e. The number of rotatable bonds is 5. The van der Waals surface area contributed by atoms with Crippen LogP contribution in [0.5, 0.6) is 0 Å². The predicted molar refractivity (Wildman–Crippen MR) is 118 cm³/mol. The largest absolute Gasteiger partial charge is 0.414 e. The van der Waals surface area contributed by atoms with Gasteiger partial charge in [-0.25, -0.2) is 0 Å². The van der Waals surface area contributed by atoms with E-state index in [-0.39, 0.29) is 30.6 Å². The van der Waals surface area contributed by atoms with Crippen LogP contribution in [0.25, 0.3) is 0 Å². The van der Waals surface area contributed by atoms with Crippen LogP contribution < -0.4 is 10.6 Å². The molecular formula is C23H24ClF3N4O2. The number of pyridine rings is 1. The lowest BCUT2D eigenvalue weighted by molar-refractivity contribution is -0.191. The molecule has 33 heavy (non-hydrogen) atoms. The molecule has 1 fully saturated rings. The van der Waals surface area contributed by atoms with E-state index < -0.39 is 24.0 Å². The highest BCUT2D eigenvalue weighted by Gasteiger charge is 2.47. The molecule has 1 aromatic heterocycles. The molecule has 0 spiro atoms. The molecule has 2 heterocycles. The zero-order valence-electron chi connectivity index (χ0n) is 18.0. The van der Waals surface area contributed by atoms with Gasteiger partial charge in [0.2, 0.25) is 11.8 Å². The molecule has 1 aliphatic heterocycles. The topological polar surface area (TPSA) is 74.3 Å². The summed E-state index contributed by atoms with van der Waals surface area (Å²) in [5.41, 5.74) is 2.67. The maximum atomic E-state index is 13.9. The van der Waals surface area contributed by atoms with Gasteiger partial charge in [0.25, 0.3) is 0 Å². The minimum absolute atomic E-state index is 0.0891. The number of hydrogen-bond acceptors (Lipinski definition) is 4. The summed E-state index contributed by atoms with van der Waals surface area (Å²) < 4.78 is 41.8. The van der Waals surface area contributed by atoms with Crippen molar-refractivity contribution in [3.8, 4) is 0 Å². The number of carbonyl (C=O) groups excluding carboxylic acids is 2. The lowest BCUT2D eigenvalue weighted by Gasteiger charge is -2.33. The first-order chi connectivity index (χ1) is 15.6. The van der Waals surface area contributed by atoms with Crippen LogP contribution >= 0.6 is 11.6 Å². The summed E-state index contributed by atoms with van der Waals surface area (Å²) in [4.78, 5) is 29.0. The Bertz CT molecular complexity index is 1040. The van der Waals surface area contributed by atoms with Crippen molar-refractivity contribution in [2.24, 2.45) is 5.92 Å². The number of fused-ring (bicyclic) bond motifs is 1. The van der Waals surface area contributed by atoms with Crippen LogP contribution in [0, 0.1) is 5.92 Å². The van der Waals surface area contributed by atoms with Crippen molar-refractivity contribution in [2.75, 3.05) is 18.9 Å². The average molecular weight is 481 g/mol. The van der Waals surface area contributed by atoms with E-state index in [4.69, 9.17) is 11.6 Å². The van der Waals surface area contributed by atoms with Crippen molar-refractivity contribution in [2.45, 2.75) is 43.9 Å². The van der Waals surface area contributed by atoms with Gasteiger partial charge in [0, 0.05) is 37.0 Å². The third-order valence-corrected chi connectivity index (χ3v) is 6.41. The second-order valence-corrected chi connectivity index (χ2v) is 9.00. The number of halogens is 4. The highest BCUT2D eigenvalue weighted by molar-refractivity contribution is 6.30. The SMILES string of the molecule is CN(C(=O)C1CCNC(=O)C1)[C@@H](c1ccc(NC2Cc3ccc(Cl)cc3C2)cn1)C(F)(F)F. The standard InChI is InChI=1S/C23H24ClF3N4O2/c1-31(22(33)14-6-7-28-20(32)11-14)21(23(25,26)27)19-5-4-17(12-29-19)30-18-9-13-2-3-16(24)8-15(13)10-18/h2-5,8,12,14,18,21,30H,6-7,9-11H2,1H3,(H,28,32)/t14?,18?,21-/m0/s1. The van der Waals surface area contributed by atoms with Crippen molar-refractivity contribution in [1.82, 2.24) is 15.2 Å². The lowest BCUT2D eigenvalue weighted by Crippen LogP contribution is -2.46. The molecule has 2 aliphatic rings. The van der Waals surface area contributed by atoms with Crippen LogP contribution in [-0.2, 0) is 22.4 Å². The Kier molecular flexibility index (Phi) is 6.52. The van der Waals surface area contributed by atoms with E-state index in [0.717, 1.165) is 25.5 Å². The molecule has 176 valence electrons. The smallest absolute Gasteiger partial charge is 0.380 e. The number of anilines is 1. The molecule has 2 amide bonds. The number of nitrogens with one attached hydrogen (secondary N) is 2. The van der Waals surface area contributed by atoms with Crippen molar-refractivity contribution < 1.29 is 22.8 Å². The van der Waals surface area contributed by atoms with Gasteiger partial charge in [0.1, 0.15) is 0 Å². The second-order valence-electron chi connectivity index (χ2n) is 8.57. The molecule has 2 aromatic rings. The molecule has 4 rings (SSSR count). The monoisotopic (exact) mass is 480 g/mol. The van der Waals surface area contributed by atoms with E-state index >= 15 is 0 Å². The summed E-state index contributed by atoms with van der Waals surface area (Å²) in [6.45, 7) is 0.273. The van der Waals surface area contributed by atoms with Crippen LogP contribution in [0.15, 0.2) is 36.5 Å². The van der Waals surface area contributed by atoms with Gasteiger partial charge in [-0.15, -0.1) is 0 Å². The van der Waals surface area contributed by atoms with Crippen LogP contribution in [-0.4, -0.2) is 47.5 Å². The van der Waals surface area contributed by atoms with Gasteiger partial charge in [-0.1, -0.05) is 17.7 Å². The van der Waals surface area contributed by atoms with Gasteiger partial charge in [-0.2, -0.15) is 13.2 Å². The number of benzene rings is 1. The highest BCUT2D eigenvalue weighted by atomic mass is 35.5. The van der Waals surface area contributed by atoms with E-state index in [2.05, 4.69) is 15.6 Å². The molecular weight excluding hydrogens is 457 g/mol. The summed E-state index contributed by atoms with van der Waals surface area (Å²) in [5.74, 6) is -1.81. The number of nitrogens with zero attached hydrogens (tertiary/aromatic N) is 2. The minimum Gasteiger partial charge on any atom is -0.380 e. The molecule has 3 atom stereocenters. The number of alkyl halides is 3. The fourth-order valence-corrected chi connectivity index (χ4v) is 4.77. The van der Waals surface area contributed by atoms with Crippen LogP contribution in [0.1, 0.15) is 35.7 Å². The highest BCUT2D eigenvalue weighted by Crippen LogP contribution is 2.38. The average Bonchev–Trinajstić information content (AvgIpc) is 3.14. The van der Waals surface area contributed by atoms with Gasteiger partial charge < -0.3 is 15.5 Å². The van der Waals surface area contributed by atoms with Crippen molar-refractivity contribution in [1.29, 1.82) is 0 Å². The first kappa shape index (κ1) is 23.4. The summed E-state index contributed by atoms with van der Waals surface area (Å²) in [6, 6.07) is 6.48. The Labute approximate surface area is 194 Å². The number of carbonyl (C=O) groups is 2. The van der Waals surface area contributed by atoms with E-state index in [9.17, 15) is 22.8 Å². The third kappa shape index (κ3) is 5.24. The first-order valence-electron chi connectivity index (χ1n) is 10.7. The minimum atomic E-state index is -4.71. The van der Waals surface area contributed by atoms with Crippen LogP contribution in [0.4, 0.5) is 18.9 Å². The zero-order valence-corrected chi connectivity index (χ0v) is 18.7. The van der Waals surface area contributed by atoms with Gasteiger partial charge in [-0.05, 0) is 54.7 Å². The number of piperidine rings is 1. The van der Waals surface area contributed by atoms with Gasteiger partial charge >= 0.3 is 6.18 Å². The molecule has 0 saturated carbocycles. The van der Waals surface area contributed by atoms with E-state index in [0.29, 0.717) is 22.0 Å². The normalized spacial score (nSPS) is 21.2. The summed E-state index contributed by atoms with van der Waals surface area (Å²) in [5, 5.41) is 6.56. The Morgan fingerprint density at radius 1 is 1.21 bits per heavy atom. The Hall–Kier alpha value is -2.81. The van der Waals surface area contributed by atoms with Crippen molar-refractivity contribution in [3.63, 3.8) is 0 Å².